The molecule has 3 nitrogen and oxygen atoms in total. The molecule has 1 aromatic carbocycles. The Kier molecular flexibility index (Phi) is 2.30. The van der Waals surface area contributed by atoms with Gasteiger partial charge in [-0.15, -0.1) is 0 Å². The molecular weight excluding hydrogens is 236 g/mol. The Hall–Kier alpha value is -1.61. The molecule has 3 rings (SSSR count). The van der Waals surface area contributed by atoms with Crippen LogP contribution in [0.3, 0.4) is 0 Å². The number of halogens is 1. The van der Waals surface area contributed by atoms with Crippen molar-refractivity contribution in [2.75, 3.05) is 0 Å². The second kappa shape index (κ2) is 3.70. The van der Waals surface area contributed by atoms with E-state index in [2.05, 4.69) is 16.9 Å². The third-order valence-corrected chi connectivity index (χ3v) is 3.42. The van der Waals surface area contributed by atoms with E-state index >= 15 is 0 Å². The zero-order valence-corrected chi connectivity index (χ0v) is 10.1. The number of benzene rings is 1. The number of aromatic nitrogens is 1. The van der Waals surface area contributed by atoms with Gasteiger partial charge < -0.3 is 4.98 Å². The van der Waals surface area contributed by atoms with Gasteiger partial charge in [0.05, 0.1) is 0 Å². The molecule has 0 aliphatic carbocycles. The summed E-state index contributed by atoms with van der Waals surface area (Å²) in [6, 6.07) is 5.51. The summed E-state index contributed by atoms with van der Waals surface area (Å²) in [7, 11) is 0. The number of hydrogen-bond acceptors (Lipinski definition) is 2. The van der Waals surface area contributed by atoms with Crippen LogP contribution < -0.4 is 5.56 Å². The molecule has 1 aliphatic rings. The molecule has 4 heteroatoms. The number of nitrogens with zero attached hydrogens (tertiary/aromatic N) is 1. The number of rotatable bonds is 1. The summed E-state index contributed by atoms with van der Waals surface area (Å²) in [6.45, 7) is 2.09. The van der Waals surface area contributed by atoms with Crippen molar-refractivity contribution >= 4 is 34.4 Å². The van der Waals surface area contributed by atoms with Crippen LogP contribution in [0, 0.1) is 0 Å². The van der Waals surface area contributed by atoms with Crippen LogP contribution in [0.25, 0.3) is 10.9 Å². The molecule has 1 aromatic heterocycles. The normalized spacial score (nSPS) is 17.6. The molecule has 2 heterocycles. The van der Waals surface area contributed by atoms with E-state index in [4.69, 9.17) is 11.6 Å². The van der Waals surface area contributed by atoms with Gasteiger partial charge in [0.25, 0.3) is 5.56 Å². The van der Waals surface area contributed by atoms with E-state index < -0.39 is 0 Å². The van der Waals surface area contributed by atoms with Gasteiger partial charge in [0, 0.05) is 33.6 Å². The molecule has 2 aromatic rings. The van der Waals surface area contributed by atoms with Gasteiger partial charge in [-0.05, 0) is 24.6 Å². The summed E-state index contributed by atoms with van der Waals surface area (Å²) in [5, 5.41) is 1.67. The maximum Gasteiger partial charge on any atom is 0.274 e. The van der Waals surface area contributed by atoms with Crippen LogP contribution in [0.4, 0.5) is 5.69 Å². The maximum atomic E-state index is 11.9. The van der Waals surface area contributed by atoms with E-state index in [-0.39, 0.29) is 11.5 Å². The fourth-order valence-electron chi connectivity index (χ4n) is 2.33. The highest BCUT2D eigenvalue weighted by molar-refractivity contribution is 6.31. The fraction of sp³-hybridized carbons (Fsp3) is 0.231. The minimum atomic E-state index is -0.123. The number of fused-ring (bicyclic) bond motifs is 3. The Morgan fingerprint density at radius 3 is 3.06 bits per heavy atom. The zero-order valence-electron chi connectivity index (χ0n) is 9.33. The van der Waals surface area contributed by atoms with Crippen molar-refractivity contribution in [2.45, 2.75) is 19.3 Å². The molecule has 0 amide bonds. The second-order valence-electron chi connectivity index (χ2n) is 4.20. The Morgan fingerprint density at radius 2 is 2.29 bits per heavy atom. The molecule has 0 spiro atoms. The van der Waals surface area contributed by atoms with Gasteiger partial charge in [-0.1, -0.05) is 18.5 Å². The quantitative estimate of drug-likeness (QED) is 0.824. The highest BCUT2D eigenvalue weighted by Crippen LogP contribution is 2.36. The van der Waals surface area contributed by atoms with Crippen LogP contribution in [-0.2, 0) is 0 Å². The second-order valence-corrected chi connectivity index (χ2v) is 4.64. The van der Waals surface area contributed by atoms with Crippen molar-refractivity contribution in [1.29, 1.82) is 0 Å². The summed E-state index contributed by atoms with van der Waals surface area (Å²) < 4.78 is 0. The first-order valence-corrected chi connectivity index (χ1v) is 5.98. The first-order valence-electron chi connectivity index (χ1n) is 5.60. The lowest BCUT2D eigenvalue weighted by Crippen LogP contribution is -2.08. The summed E-state index contributed by atoms with van der Waals surface area (Å²) in [4.78, 5) is 18.9. The van der Waals surface area contributed by atoms with Gasteiger partial charge in [0.15, 0.2) is 0 Å². The summed E-state index contributed by atoms with van der Waals surface area (Å²) in [5.41, 5.74) is 2.24. The maximum absolute atomic E-state index is 11.9. The molecule has 86 valence electrons. The molecule has 1 aliphatic heterocycles. The van der Waals surface area contributed by atoms with Gasteiger partial charge in [-0.3, -0.25) is 9.79 Å². The first-order chi connectivity index (χ1) is 8.20. The molecule has 0 saturated heterocycles. The molecule has 0 bridgehead atoms. The van der Waals surface area contributed by atoms with Gasteiger partial charge in [-0.25, -0.2) is 0 Å². The van der Waals surface area contributed by atoms with E-state index in [0.29, 0.717) is 10.7 Å². The lowest BCUT2D eigenvalue weighted by molar-refractivity contribution is 0.880. The average Bonchev–Trinajstić information content (AvgIpc) is 2.75. The molecular formula is C13H11ClN2O. The van der Waals surface area contributed by atoms with Gasteiger partial charge in [0.1, 0.15) is 5.69 Å². The predicted molar refractivity (Wildman–Crippen MR) is 70.8 cm³/mol. The Labute approximate surface area is 103 Å². The lowest BCUT2D eigenvalue weighted by Gasteiger charge is -2.10. The van der Waals surface area contributed by atoms with Crippen LogP contribution in [0.2, 0.25) is 5.02 Å². The zero-order chi connectivity index (χ0) is 12.0. The highest BCUT2D eigenvalue weighted by Gasteiger charge is 2.23. The van der Waals surface area contributed by atoms with Crippen molar-refractivity contribution in [3.63, 3.8) is 0 Å². The Morgan fingerprint density at radius 1 is 1.47 bits per heavy atom. The molecule has 1 atom stereocenters. The first kappa shape index (κ1) is 10.5. The molecule has 0 saturated carbocycles. The minimum absolute atomic E-state index is 0.123. The molecule has 17 heavy (non-hydrogen) atoms. The summed E-state index contributed by atoms with van der Waals surface area (Å²) in [6.07, 6.45) is 2.78. The number of hydrogen-bond donors (Lipinski definition) is 1. The summed E-state index contributed by atoms with van der Waals surface area (Å²) in [5.74, 6) is 0.216. The topological polar surface area (TPSA) is 45.2 Å². The number of pyridine rings is 1. The van der Waals surface area contributed by atoms with Crippen molar-refractivity contribution in [3.05, 3.63) is 39.1 Å². The van der Waals surface area contributed by atoms with E-state index in [1.165, 1.54) is 0 Å². The van der Waals surface area contributed by atoms with Crippen LogP contribution in [0.15, 0.2) is 28.0 Å². The Balaban J connectivity index is 2.45. The van der Waals surface area contributed by atoms with Gasteiger partial charge >= 0.3 is 0 Å². The van der Waals surface area contributed by atoms with Crippen molar-refractivity contribution < 1.29 is 0 Å². The van der Waals surface area contributed by atoms with Crippen molar-refractivity contribution in [1.82, 2.24) is 4.98 Å². The predicted octanol–water partition coefficient (Wildman–Crippen LogP) is 3.39. The highest BCUT2D eigenvalue weighted by atomic mass is 35.5. The Bertz CT molecular complexity index is 688. The van der Waals surface area contributed by atoms with E-state index in [0.717, 1.165) is 22.9 Å². The minimum Gasteiger partial charge on any atom is -0.320 e. The van der Waals surface area contributed by atoms with E-state index in [1.54, 1.807) is 6.07 Å². The van der Waals surface area contributed by atoms with E-state index in [1.807, 2.05) is 18.3 Å². The number of aliphatic imine (C=N–C) groups is 1. The smallest absolute Gasteiger partial charge is 0.274 e. The molecule has 0 fully saturated rings. The number of H-pyrrole nitrogens is 1. The monoisotopic (exact) mass is 246 g/mol. The van der Waals surface area contributed by atoms with Crippen molar-refractivity contribution in [3.8, 4) is 0 Å². The third-order valence-electron chi connectivity index (χ3n) is 3.18. The summed E-state index contributed by atoms with van der Waals surface area (Å²) >= 11 is 6.02. The van der Waals surface area contributed by atoms with Gasteiger partial charge in [0.2, 0.25) is 0 Å². The van der Waals surface area contributed by atoms with Gasteiger partial charge in [-0.2, -0.15) is 0 Å². The van der Waals surface area contributed by atoms with Crippen LogP contribution in [0.1, 0.15) is 24.8 Å². The fourth-order valence-corrected chi connectivity index (χ4v) is 2.50. The molecule has 1 unspecified atom stereocenters. The largest absolute Gasteiger partial charge is 0.320 e. The van der Waals surface area contributed by atoms with Crippen LogP contribution >= 0.6 is 11.6 Å². The van der Waals surface area contributed by atoms with Crippen LogP contribution in [-0.4, -0.2) is 11.2 Å². The lowest BCUT2D eigenvalue weighted by atomic mass is 9.95. The standard InChI is InChI=1S/C13H11ClN2O/c1-2-7-6-15-12-11(7)9-5-8(14)3-4-10(9)16-13(12)17/h3-7H,2H2,1H3,(H,16,17). The van der Waals surface area contributed by atoms with Crippen LogP contribution in [0.5, 0.6) is 0 Å². The third kappa shape index (κ3) is 1.50. The van der Waals surface area contributed by atoms with E-state index in [9.17, 15) is 4.79 Å². The number of nitrogens with one attached hydrogen (secondary N) is 1. The number of aromatic amines is 1. The molecule has 0 radical (unpaired) electrons. The SMILES string of the molecule is CCC1C=Nc2c1c1cc(Cl)ccc1[nH]c2=O. The molecule has 1 N–H and O–H groups in total. The average molecular weight is 247 g/mol. The van der Waals surface area contributed by atoms with Crippen molar-refractivity contribution in [2.24, 2.45) is 4.99 Å².